The molecule has 1 aliphatic carbocycles. The highest BCUT2D eigenvalue weighted by Crippen LogP contribution is 2.20. The number of rotatable bonds is 4. The lowest BCUT2D eigenvalue weighted by molar-refractivity contribution is 0.480. The van der Waals surface area contributed by atoms with Crippen LogP contribution in [0, 0.1) is 5.92 Å². The summed E-state index contributed by atoms with van der Waals surface area (Å²) in [4.78, 5) is 0. The molecule has 0 saturated carbocycles. The van der Waals surface area contributed by atoms with Gasteiger partial charge in [0.15, 0.2) is 0 Å². The predicted octanol–water partition coefficient (Wildman–Crippen LogP) is 2.90. The fourth-order valence-electron chi connectivity index (χ4n) is 1.59. The third-order valence-corrected chi connectivity index (χ3v) is 2.84. The van der Waals surface area contributed by atoms with Crippen molar-refractivity contribution in [3.63, 3.8) is 0 Å². The fourth-order valence-corrected chi connectivity index (χ4v) is 1.59. The minimum Gasteiger partial charge on any atom is -0.317 e. The summed E-state index contributed by atoms with van der Waals surface area (Å²) in [5, 5.41) is 3.27. The molecule has 74 valence electrons. The van der Waals surface area contributed by atoms with Gasteiger partial charge in [-0.15, -0.1) is 0 Å². The van der Waals surface area contributed by atoms with Crippen molar-refractivity contribution < 1.29 is 0 Å². The predicted molar refractivity (Wildman–Crippen MR) is 58.8 cm³/mol. The molecule has 0 saturated heterocycles. The van der Waals surface area contributed by atoms with Crippen LogP contribution in [-0.4, -0.2) is 13.1 Å². The van der Waals surface area contributed by atoms with Gasteiger partial charge >= 0.3 is 0 Å². The van der Waals surface area contributed by atoms with E-state index in [1.165, 1.54) is 24.8 Å². The molecule has 1 heteroatoms. The molecule has 13 heavy (non-hydrogen) atoms. The first-order chi connectivity index (χ1) is 6.22. The van der Waals surface area contributed by atoms with Crippen molar-refractivity contribution in [2.24, 2.45) is 5.92 Å². The van der Waals surface area contributed by atoms with Crippen LogP contribution < -0.4 is 5.32 Å². The van der Waals surface area contributed by atoms with Crippen molar-refractivity contribution in [1.29, 1.82) is 0 Å². The Morgan fingerprint density at radius 3 is 2.92 bits per heavy atom. The smallest absolute Gasteiger partial charge is 0.00359 e. The van der Waals surface area contributed by atoms with Crippen molar-refractivity contribution in [2.45, 2.75) is 39.2 Å². The fraction of sp³-hybridized carbons (Fsp3) is 0.667. The second-order valence-electron chi connectivity index (χ2n) is 4.07. The monoisotopic (exact) mass is 179 g/mol. The molecule has 2 unspecified atom stereocenters. The molecule has 0 aliphatic heterocycles. The Kier molecular flexibility index (Phi) is 4.23. The average Bonchev–Trinajstić information content (AvgIpc) is 2.16. The molecular weight excluding hydrogens is 158 g/mol. The summed E-state index contributed by atoms with van der Waals surface area (Å²) in [5.41, 5.74) is 1.41. The number of nitrogens with one attached hydrogen (secondary N) is 1. The van der Waals surface area contributed by atoms with Crippen LogP contribution in [0.25, 0.3) is 0 Å². The van der Waals surface area contributed by atoms with Gasteiger partial charge in [0.2, 0.25) is 0 Å². The van der Waals surface area contributed by atoms with E-state index >= 15 is 0 Å². The van der Waals surface area contributed by atoms with Gasteiger partial charge in [0.05, 0.1) is 0 Å². The topological polar surface area (TPSA) is 12.0 Å². The van der Waals surface area contributed by atoms with E-state index in [1.54, 1.807) is 0 Å². The molecule has 0 bridgehead atoms. The summed E-state index contributed by atoms with van der Waals surface area (Å²) in [7, 11) is 2.03. The van der Waals surface area contributed by atoms with Crippen molar-refractivity contribution in [2.75, 3.05) is 7.05 Å². The van der Waals surface area contributed by atoms with E-state index in [2.05, 4.69) is 37.4 Å². The zero-order valence-corrected chi connectivity index (χ0v) is 9.01. The molecule has 1 N–H and O–H groups in total. The van der Waals surface area contributed by atoms with Gasteiger partial charge in [0.1, 0.15) is 0 Å². The van der Waals surface area contributed by atoms with E-state index in [4.69, 9.17) is 0 Å². The minimum atomic E-state index is 0.653. The van der Waals surface area contributed by atoms with E-state index in [9.17, 15) is 0 Å². The van der Waals surface area contributed by atoms with Crippen LogP contribution in [0.4, 0.5) is 0 Å². The highest BCUT2D eigenvalue weighted by molar-refractivity contribution is 5.21. The summed E-state index contributed by atoms with van der Waals surface area (Å²) in [6.45, 7) is 4.41. The zero-order chi connectivity index (χ0) is 9.68. The first-order valence-corrected chi connectivity index (χ1v) is 5.24. The molecule has 0 spiro atoms. The first kappa shape index (κ1) is 10.5. The van der Waals surface area contributed by atoms with Crippen LogP contribution >= 0.6 is 0 Å². The third-order valence-electron chi connectivity index (χ3n) is 2.84. The maximum atomic E-state index is 3.27. The molecule has 1 rings (SSSR count). The molecule has 0 aromatic rings. The second kappa shape index (κ2) is 5.23. The number of allylic oxidation sites excluding steroid dienone is 4. The van der Waals surface area contributed by atoms with Crippen molar-refractivity contribution in [1.82, 2.24) is 5.32 Å². The Morgan fingerprint density at radius 1 is 1.62 bits per heavy atom. The average molecular weight is 179 g/mol. The van der Waals surface area contributed by atoms with Crippen LogP contribution in [0.15, 0.2) is 23.8 Å². The normalized spacial score (nSPS) is 24.2. The van der Waals surface area contributed by atoms with Crippen LogP contribution in [0.1, 0.15) is 33.1 Å². The molecule has 0 aromatic heterocycles. The summed E-state index contributed by atoms with van der Waals surface area (Å²) in [5.74, 6) is 0.777. The lowest BCUT2D eigenvalue weighted by Gasteiger charge is -2.17. The Bertz CT molecular complexity index is 203. The van der Waals surface area contributed by atoms with Crippen LogP contribution in [-0.2, 0) is 0 Å². The molecule has 0 amide bonds. The molecule has 1 nitrogen and oxygen atoms in total. The lowest BCUT2D eigenvalue weighted by atomic mass is 9.92. The van der Waals surface area contributed by atoms with Gasteiger partial charge in [0, 0.05) is 6.04 Å². The van der Waals surface area contributed by atoms with Gasteiger partial charge in [-0.1, -0.05) is 23.8 Å². The molecule has 0 radical (unpaired) electrons. The van der Waals surface area contributed by atoms with Crippen molar-refractivity contribution in [3.05, 3.63) is 23.8 Å². The maximum absolute atomic E-state index is 3.27. The van der Waals surface area contributed by atoms with Crippen LogP contribution in [0.2, 0.25) is 0 Å². The second-order valence-corrected chi connectivity index (χ2v) is 4.07. The molecule has 2 atom stereocenters. The number of hydrogen-bond acceptors (Lipinski definition) is 1. The van der Waals surface area contributed by atoms with E-state index in [0.29, 0.717) is 6.04 Å². The zero-order valence-electron chi connectivity index (χ0n) is 9.01. The van der Waals surface area contributed by atoms with Crippen LogP contribution in [0.5, 0.6) is 0 Å². The largest absolute Gasteiger partial charge is 0.317 e. The van der Waals surface area contributed by atoms with Crippen molar-refractivity contribution >= 4 is 0 Å². The van der Waals surface area contributed by atoms with Crippen molar-refractivity contribution in [3.8, 4) is 0 Å². The highest BCUT2D eigenvalue weighted by Gasteiger charge is 2.08. The Balaban J connectivity index is 2.21. The molecule has 0 aromatic carbocycles. The van der Waals surface area contributed by atoms with Crippen LogP contribution in [0.3, 0.4) is 0 Å². The quantitative estimate of drug-likeness (QED) is 0.699. The third kappa shape index (κ3) is 3.77. The lowest BCUT2D eigenvalue weighted by Crippen LogP contribution is -2.21. The van der Waals surface area contributed by atoms with Gasteiger partial charge in [-0.3, -0.25) is 0 Å². The first-order valence-electron chi connectivity index (χ1n) is 5.24. The van der Waals surface area contributed by atoms with E-state index in [1.807, 2.05) is 7.05 Å². The Morgan fingerprint density at radius 2 is 2.38 bits per heavy atom. The van der Waals surface area contributed by atoms with Gasteiger partial charge in [-0.25, -0.2) is 0 Å². The summed E-state index contributed by atoms with van der Waals surface area (Å²) in [6, 6.07) is 0.653. The van der Waals surface area contributed by atoms with Gasteiger partial charge < -0.3 is 5.32 Å². The molecule has 0 heterocycles. The Hall–Kier alpha value is -0.560. The molecule has 0 fully saturated rings. The highest BCUT2D eigenvalue weighted by atomic mass is 14.8. The molecule has 1 aliphatic rings. The summed E-state index contributed by atoms with van der Waals surface area (Å²) in [6.07, 6.45) is 10.8. The summed E-state index contributed by atoms with van der Waals surface area (Å²) < 4.78 is 0. The van der Waals surface area contributed by atoms with Gasteiger partial charge in [0.25, 0.3) is 0 Å². The van der Waals surface area contributed by atoms with E-state index < -0.39 is 0 Å². The summed E-state index contributed by atoms with van der Waals surface area (Å²) >= 11 is 0. The maximum Gasteiger partial charge on any atom is 0.00359 e. The minimum absolute atomic E-state index is 0.653. The van der Waals surface area contributed by atoms with Gasteiger partial charge in [-0.2, -0.15) is 0 Å². The van der Waals surface area contributed by atoms with Gasteiger partial charge in [-0.05, 0) is 46.1 Å². The Labute approximate surface area is 81.9 Å². The SMILES string of the molecule is CNC(C)CCC1C=CC(C)=CC1. The van der Waals surface area contributed by atoms with E-state index in [-0.39, 0.29) is 0 Å². The van der Waals surface area contributed by atoms with E-state index in [0.717, 1.165) is 5.92 Å². The number of hydrogen-bond donors (Lipinski definition) is 1. The standard InChI is InChI=1S/C12H21N/c1-10-4-7-12(8-5-10)9-6-11(2)13-3/h4-5,7,11-13H,6,8-9H2,1-3H3. The molecular formula is C12H21N.